The highest BCUT2D eigenvalue weighted by Gasteiger charge is 2.15. The summed E-state index contributed by atoms with van der Waals surface area (Å²) in [5.41, 5.74) is 0. The lowest BCUT2D eigenvalue weighted by Crippen LogP contribution is -2.28. The van der Waals surface area contributed by atoms with E-state index in [1.54, 1.807) is 0 Å². The number of hydrogen-bond donors (Lipinski definition) is 1. The Morgan fingerprint density at radius 3 is 1.50 bits per heavy atom. The van der Waals surface area contributed by atoms with Crippen LogP contribution in [0.15, 0.2) is 72.9 Å². The molecule has 5 nitrogen and oxygen atoms in total. The van der Waals surface area contributed by atoms with Crippen LogP contribution in [0.1, 0.15) is 155 Å². The van der Waals surface area contributed by atoms with E-state index in [1.807, 2.05) is 0 Å². The summed E-state index contributed by atoms with van der Waals surface area (Å²) in [5.74, 6) is -0.676. The van der Waals surface area contributed by atoms with Gasteiger partial charge in [0.05, 0.1) is 6.61 Å². The van der Waals surface area contributed by atoms with Gasteiger partial charge in [0.1, 0.15) is 6.61 Å². The van der Waals surface area contributed by atoms with Crippen molar-refractivity contribution >= 4 is 11.9 Å². The molecule has 0 rings (SSSR count). The van der Waals surface area contributed by atoms with Gasteiger partial charge in [-0.2, -0.15) is 0 Å². The van der Waals surface area contributed by atoms with Crippen LogP contribution in [0, 0.1) is 0 Å². The molecule has 0 heterocycles. The molecule has 0 unspecified atom stereocenters. The van der Waals surface area contributed by atoms with E-state index in [9.17, 15) is 14.7 Å². The molecule has 0 saturated carbocycles. The molecule has 0 amide bonds. The third-order valence-corrected chi connectivity index (χ3v) is 7.48. The minimum absolute atomic E-state index is 0.0963. The van der Waals surface area contributed by atoms with Gasteiger partial charge in [-0.25, -0.2) is 0 Å². The molecule has 0 fully saturated rings. The highest BCUT2D eigenvalue weighted by molar-refractivity contribution is 5.70. The fourth-order valence-electron chi connectivity index (χ4n) is 4.70. The molecule has 0 saturated heterocycles. The summed E-state index contributed by atoms with van der Waals surface area (Å²) in [6.07, 6.45) is 48.2. The van der Waals surface area contributed by atoms with Crippen LogP contribution in [0.3, 0.4) is 0 Å². The topological polar surface area (TPSA) is 72.8 Å². The largest absolute Gasteiger partial charge is 0.462 e. The quantitative estimate of drug-likeness (QED) is 0.0450. The molecule has 0 aliphatic heterocycles. The van der Waals surface area contributed by atoms with Crippen LogP contribution < -0.4 is 0 Å². The summed E-state index contributed by atoms with van der Waals surface area (Å²) in [6.45, 7) is 3.94. The Hall–Kier alpha value is -2.66. The summed E-state index contributed by atoms with van der Waals surface area (Å²) in [6, 6.07) is 0. The van der Waals surface area contributed by atoms with Crippen molar-refractivity contribution in [2.24, 2.45) is 0 Å². The molecule has 0 bridgehead atoms. The second-order valence-electron chi connectivity index (χ2n) is 11.9. The minimum Gasteiger partial charge on any atom is -0.462 e. The standard InChI is InChI=1S/C41H68O5/c1-3-5-7-9-11-13-15-17-19-20-22-24-26-28-30-32-34-36-41(44)46-39(37-42)38-45-40(43)35-33-31-29-27-25-23-21-18-16-14-12-10-8-6-4-2/h5,7,11,13,17-19,21-22,24,28,30,39,42H,3-4,6,8-10,12,14-16,20,23,25-27,29,31-38H2,1-2H3/t39-/m0/s1. The lowest BCUT2D eigenvalue weighted by Gasteiger charge is -2.15. The van der Waals surface area contributed by atoms with Gasteiger partial charge >= 0.3 is 11.9 Å². The normalized spacial score (nSPS) is 13.0. The van der Waals surface area contributed by atoms with Crippen LogP contribution in [0.5, 0.6) is 0 Å². The van der Waals surface area contributed by atoms with Crippen molar-refractivity contribution in [2.75, 3.05) is 13.2 Å². The van der Waals surface area contributed by atoms with Crippen molar-refractivity contribution in [1.82, 2.24) is 0 Å². The Balaban J connectivity index is 3.71. The monoisotopic (exact) mass is 641 g/mol. The molecule has 0 aliphatic carbocycles. The van der Waals surface area contributed by atoms with Gasteiger partial charge in [-0.05, 0) is 77.0 Å². The number of carbonyl (C=O) groups is 2. The van der Waals surface area contributed by atoms with Crippen molar-refractivity contribution < 1.29 is 24.2 Å². The number of ether oxygens (including phenoxy) is 2. The first kappa shape index (κ1) is 43.3. The molecule has 5 heteroatoms. The van der Waals surface area contributed by atoms with Crippen LogP contribution in [-0.4, -0.2) is 36.4 Å². The average molecular weight is 641 g/mol. The van der Waals surface area contributed by atoms with Crippen LogP contribution in [-0.2, 0) is 19.1 Å². The number of aliphatic hydroxyl groups is 1. The van der Waals surface area contributed by atoms with E-state index in [2.05, 4.69) is 86.8 Å². The molecular weight excluding hydrogens is 572 g/mol. The summed E-state index contributed by atoms with van der Waals surface area (Å²) in [7, 11) is 0. The lowest BCUT2D eigenvalue weighted by molar-refractivity contribution is -0.161. The molecule has 1 N–H and O–H groups in total. The van der Waals surface area contributed by atoms with Crippen LogP contribution in [0.4, 0.5) is 0 Å². The molecular formula is C41H68O5. The van der Waals surface area contributed by atoms with Gasteiger partial charge in [-0.1, -0.05) is 138 Å². The van der Waals surface area contributed by atoms with Gasteiger partial charge in [0.25, 0.3) is 0 Å². The molecule has 0 aliphatic rings. The lowest BCUT2D eigenvalue weighted by atomic mass is 10.1. The van der Waals surface area contributed by atoms with E-state index in [-0.39, 0.29) is 31.6 Å². The first-order valence-electron chi connectivity index (χ1n) is 18.5. The smallest absolute Gasteiger partial charge is 0.306 e. The molecule has 0 aromatic carbocycles. The molecule has 1 atom stereocenters. The number of esters is 2. The maximum absolute atomic E-state index is 12.1. The molecule has 262 valence electrons. The number of hydrogen-bond acceptors (Lipinski definition) is 5. The van der Waals surface area contributed by atoms with E-state index < -0.39 is 6.10 Å². The van der Waals surface area contributed by atoms with E-state index in [1.165, 1.54) is 57.8 Å². The second kappa shape index (κ2) is 36.8. The van der Waals surface area contributed by atoms with E-state index in [0.29, 0.717) is 12.8 Å². The van der Waals surface area contributed by atoms with Gasteiger partial charge in [0.2, 0.25) is 0 Å². The maximum Gasteiger partial charge on any atom is 0.306 e. The Bertz CT molecular complexity index is 864. The van der Waals surface area contributed by atoms with Gasteiger partial charge in [-0.15, -0.1) is 0 Å². The van der Waals surface area contributed by atoms with E-state index in [4.69, 9.17) is 9.47 Å². The van der Waals surface area contributed by atoms with Crippen molar-refractivity contribution in [3.63, 3.8) is 0 Å². The highest BCUT2D eigenvalue weighted by atomic mass is 16.6. The zero-order chi connectivity index (χ0) is 33.6. The summed E-state index contributed by atoms with van der Waals surface area (Å²) in [4.78, 5) is 24.2. The molecule has 0 spiro atoms. The summed E-state index contributed by atoms with van der Waals surface area (Å²) < 4.78 is 10.5. The van der Waals surface area contributed by atoms with E-state index in [0.717, 1.165) is 64.2 Å². The van der Waals surface area contributed by atoms with Crippen LogP contribution >= 0.6 is 0 Å². The fraction of sp³-hybridized carbons (Fsp3) is 0.659. The van der Waals surface area contributed by atoms with Crippen LogP contribution in [0.2, 0.25) is 0 Å². The Morgan fingerprint density at radius 2 is 0.957 bits per heavy atom. The number of carbonyl (C=O) groups excluding carboxylic acids is 2. The van der Waals surface area contributed by atoms with Gasteiger partial charge in [0, 0.05) is 12.8 Å². The Labute approximate surface area is 283 Å². The van der Waals surface area contributed by atoms with Crippen molar-refractivity contribution in [1.29, 1.82) is 0 Å². The molecule has 0 radical (unpaired) electrons. The van der Waals surface area contributed by atoms with E-state index >= 15 is 0 Å². The fourth-order valence-corrected chi connectivity index (χ4v) is 4.70. The summed E-state index contributed by atoms with van der Waals surface area (Å²) in [5, 5.41) is 9.52. The number of unbranched alkanes of at least 4 members (excludes halogenated alkanes) is 12. The first-order chi connectivity index (χ1) is 22.6. The second-order valence-corrected chi connectivity index (χ2v) is 11.9. The number of aliphatic hydroxyl groups excluding tert-OH is 1. The maximum atomic E-state index is 12.1. The van der Waals surface area contributed by atoms with Crippen LogP contribution in [0.25, 0.3) is 0 Å². The molecule has 0 aromatic rings. The van der Waals surface area contributed by atoms with Crippen molar-refractivity contribution in [3.8, 4) is 0 Å². The third-order valence-electron chi connectivity index (χ3n) is 7.48. The number of rotatable bonds is 32. The van der Waals surface area contributed by atoms with Crippen molar-refractivity contribution in [3.05, 3.63) is 72.9 Å². The number of allylic oxidation sites excluding steroid dienone is 12. The minimum atomic E-state index is -0.806. The average Bonchev–Trinajstić information content (AvgIpc) is 3.06. The Morgan fingerprint density at radius 1 is 0.522 bits per heavy atom. The van der Waals surface area contributed by atoms with Gasteiger partial charge < -0.3 is 14.6 Å². The predicted molar refractivity (Wildman–Crippen MR) is 196 cm³/mol. The SMILES string of the molecule is CCC=CCC=CCC=CCC=CCC=CCCCC(=O)O[C@@H](CO)COC(=O)CCCCCCCC=CCCCCCCCC. The summed E-state index contributed by atoms with van der Waals surface area (Å²) >= 11 is 0. The molecule has 0 aromatic heterocycles. The highest BCUT2D eigenvalue weighted by Crippen LogP contribution is 2.11. The van der Waals surface area contributed by atoms with Gasteiger partial charge in [0.15, 0.2) is 6.10 Å². The predicted octanol–water partition coefficient (Wildman–Crippen LogP) is 11.4. The van der Waals surface area contributed by atoms with Crippen molar-refractivity contribution in [2.45, 2.75) is 161 Å². The molecule has 46 heavy (non-hydrogen) atoms. The Kier molecular flexibility index (Phi) is 34.7. The first-order valence-corrected chi connectivity index (χ1v) is 18.5. The van der Waals surface area contributed by atoms with Gasteiger partial charge in [-0.3, -0.25) is 9.59 Å². The third kappa shape index (κ3) is 34.2. The zero-order valence-corrected chi connectivity index (χ0v) is 29.6. The zero-order valence-electron chi connectivity index (χ0n) is 29.6.